The van der Waals surface area contributed by atoms with Gasteiger partial charge in [-0.1, -0.05) is 36.4 Å². The normalized spacial score (nSPS) is 17.8. The van der Waals surface area contributed by atoms with Gasteiger partial charge in [-0.15, -0.1) is 0 Å². The molecule has 0 spiro atoms. The number of aromatic nitrogens is 3. The van der Waals surface area contributed by atoms with Gasteiger partial charge >= 0.3 is 0 Å². The maximum Gasteiger partial charge on any atom is 0.226 e. The van der Waals surface area contributed by atoms with Crippen LogP contribution < -0.4 is 24.3 Å². The minimum Gasteiger partial charge on any atom is -0.496 e. The Morgan fingerprint density at radius 1 is 0.944 bits per heavy atom. The molecule has 3 aromatic carbocycles. The van der Waals surface area contributed by atoms with Crippen molar-refractivity contribution in [3.63, 3.8) is 0 Å². The fourth-order valence-electron chi connectivity index (χ4n) is 5.01. The van der Waals surface area contributed by atoms with Gasteiger partial charge in [0, 0.05) is 16.7 Å². The van der Waals surface area contributed by atoms with E-state index in [1.807, 2.05) is 72.3 Å². The lowest BCUT2D eigenvalue weighted by atomic mass is 9.84. The molecule has 0 aliphatic carbocycles. The summed E-state index contributed by atoms with van der Waals surface area (Å²) in [6.45, 7) is 2.50. The number of hydrogen-bond donors (Lipinski definition) is 1. The Morgan fingerprint density at radius 3 is 2.58 bits per heavy atom. The second kappa shape index (κ2) is 8.96. The van der Waals surface area contributed by atoms with E-state index in [0.29, 0.717) is 24.1 Å². The molecule has 0 unspecified atom stereocenters. The largest absolute Gasteiger partial charge is 0.496 e. The lowest BCUT2D eigenvalue weighted by Gasteiger charge is -2.39. The third-order valence-corrected chi connectivity index (χ3v) is 6.55. The summed E-state index contributed by atoms with van der Waals surface area (Å²) in [6, 6.07) is 21.6. The van der Waals surface area contributed by atoms with Crippen LogP contribution in [-0.2, 0) is 0 Å². The van der Waals surface area contributed by atoms with E-state index in [9.17, 15) is 0 Å². The Bertz CT molecular complexity index is 1460. The van der Waals surface area contributed by atoms with Gasteiger partial charge in [0.15, 0.2) is 17.6 Å². The number of benzene rings is 3. The number of fused-ring (bicyclic) bond motifs is 3. The fourth-order valence-corrected chi connectivity index (χ4v) is 5.01. The zero-order valence-corrected chi connectivity index (χ0v) is 20.3. The van der Waals surface area contributed by atoms with Crippen LogP contribution in [0.5, 0.6) is 23.0 Å². The Balaban J connectivity index is 1.61. The lowest BCUT2D eigenvalue weighted by molar-refractivity contribution is 0.217. The van der Waals surface area contributed by atoms with Gasteiger partial charge in [-0.05, 0) is 42.8 Å². The van der Waals surface area contributed by atoms with Crippen molar-refractivity contribution in [3.8, 4) is 23.0 Å². The maximum atomic E-state index is 6.70. The highest BCUT2D eigenvalue weighted by Gasteiger charge is 2.42. The first-order valence-corrected chi connectivity index (χ1v) is 11.8. The monoisotopic (exact) mass is 482 g/mol. The van der Waals surface area contributed by atoms with E-state index < -0.39 is 6.10 Å². The smallest absolute Gasteiger partial charge is 0.226 e. The molecule has 2 aliphatic heterocycles. The zero-order chi connectivity index (χ0) is 24.6. The van der Waals surface area contributed by atoms with Gasteiger partial charge in [0.2, 0.25) is 5.95 Å². The van der Waals surface area contributed by atoms with Crippen LogP contribution in [0, 0.1) is 0 Å². The maximum absolute atomic E-state index is 6.70. The third-order valence-electron chi connectivity index (χ3n) is 6.55. The topological polar surface area (TPSA) is 79.7 Å². The van der Waals surface area contributed by atoms with E-state index in [0.717, 1.165) is 39.5 Å². The molecule has 8 heteroatoms. The standard InChI is InChI=1S/C28H26N4O4/c1-4-35-22-14-13-17(15-23(22)34-3)26-24-25(31-28-29-16-30-32(26)28)18-9-5-8-12-21(18)36-27(24)19-10-6-7-11-20(19)33-2/h5-16,26-27H,4H2,1-3H3,(H,29,30,31)/t26-,27+/m1/s1. The average Bonchev–Trinajstić information content (AvgIpc) is 3.40. The average molecular weight is 483 g/mol. The number of anilines is 1. The highest BCUT2D eigenvalue weighted by molar-refractivity contribution is 5.85. The number of ether oxygens (including phenoxy) is 4. The first kappa shape index (κ1) is 22.0. The molecule has 2 atom stereocenters. The molecule has 2 aliphatic rings. The molecular formula is C28H26N4O4. The van der Waals surface area contributed by atoms with Crippen LogP contribution in [0.4, 0.5) is 5.95 Å². The molecule has 0 saturated heterocycles. The second-order valence-corrected chi connectivity index (χ2v) is 8.47. The molecule has 1 N–H and O–H groups in total. The highest BCUT2D eigenvalue weighted by Crippen LogP contribution is 2.52. The fraction of sp³-hybridized carbons (Fsp3) is 0.214. The molecule has 1 aromatic heterocycles. The molecule has 6 rings (SSSR count). The van der Waals surface area contributed by atoms with E-state index >= 15 is 0 Å². The molecular weight excluding hydrogens is 456 g/mol. The van der Waals surface area contributed by atoms with Crippen molar-refractivity contribution >= 4 is 11.6 Å². The molecule has 182 valence electrons. The minimum atomic E-state index is -0.432. The van der Waals surface area contributed by atoms with Crippen molar-refractivity contribution in [3.05, 3.63) is 95.3 Å². The summed E-state index contributed by atoms with van der Waals surface area (Å²) in [5.41, 5.74) is 4.82. The third kappa shape index (κ3) is 3.45. The van der Waals surface area contributed by atoms with Crippen molar-refractivity contribution in [2.75, 3.05) is 26.1 Å². The van der Waals surface area contributed by atoms with Crippen LogP contribution in [0.1, 0.15) is 35.8 Å². The Morgan fingerprint density at radius 2 is 1.75 bits per heavy atom. The number of methoxy groups -OCH3 is 2. The Kier molecular flexibility index (Phi) is 5.48. The summed E-state index contributed by atoms with van der Waals surface area (Å²) < 4.78 is 25.8. The lowest BCUT2D eigenvalue weighted by Crippen LogP contribution is -2.32. The molecule has 0 radical (unpaired) electrons. The SMILES string of the molecule is CCOc1ccc([C@@H]2C3=C(Nc4ncnn42)c2ccccc2O[C@H]3c2ccccc2OC)cc1OC. The number of nitrogens with zero attached hydrogens (tertiary/aromatic N) is 3. The number of rotatable bonds is 6. The van der Waals surface area contributed by atoms with E-state index in [1.54, 1.807) is 20.5 Å². The van der Waals surface area contributed by atoms with Gasteiger partial charge in [-0.25, -0.2) is 4.68 Å². The van der Waals surface area contributed by atoms with Crippen molar-refractivity contribution in [1.29, 1.82) is 0 Å². The molecule has 0 bridgehead atoms. The van der Waals surface area contributed by atoms with Crippen molar-refractivity contribution < 1.29 is 18.9 Å². The van der Waals surface area contributed by atoms with Gasteiger partial charge in [-0.3, -0.25) is 0 Å². The summed E-state index contributed by atoms with van der Waals surface area (Å²) in [5, 5.41) is 8.12. The highest BCUT2D eigenvalue weighted by atomic mass is 16.5. The van der Waals surface area contributed by atoms with Gasteiger partial charge in [-0.2, -0.15) is 10.1 Å². The molecule has 8 nitrogen and oxygen atoms in total. The Labute approximate surface area is 209 Å². The van der Waals surface area contributed by atoms with Crippen LogP contribution >= 0.6 is 0 Å². The summed E-state index contributed by atoms with van der Waals surface area (Å²) >= 11 is 0. The molecule has 0 saturated carbocycles. The second-order valence-electron chi connectivity index (χ2n) is 8.47. The van der Waals surface area contributed by atoms with E-state index in [4.69, 9.17) is 18.9 Å². The van der Waals surface area contributed by atoms with Crippen LogP contribution in [0.25, 0.3) is 5.70 Å². The number of hydrogen-bond acceptors (Lipinski definition) is 7. The predicted molar refractivity (Wildman–Crippen MR) is 136 cm³/mol. The van der Waals surface area contributed by atoms with Gasteiger partial charge in [0.25, 0.3) is 0 Å². The molecule has 0 amide bonds. The van der Waals surface area contributed by atoms with Gasteiger partial charge < -0.3 is 24.3 Å². The van der Waals surface area contributed by atoms with Crippen LogP contribution in [-0.4, -0.2) is 35.6 Å². The molecule has 0 fully saturated rings. The molecule has 36 heavy (non-hydrogen) atoms. The zero-order valence-electron chi connectivity index (χ0n) is 20.3. The molecule has 4 aromatic rings. The van der Waals surface area contributed by atoms with Gasteiger partial charge in [0.1, 0.15) is 23.9 Å². The van der Waals surface area contributed by atoms with E-state index in [-0.39, 0.29) is 6.04 Å². The summed E-state index contributed by atoms with van der Waals surface area (Å²) in [5.74, 6) is 3.54. The quantitative estimate of drug-likeness (QED) is 0.402. The van der Waals surface area contributed by atoms with E-state index in [1.165, 1.54) is 0 Å². The number of nitrogens with one attached hydrogen (secondary N) is 1. The van der Waals surface area contributed by atoms with Crippen molar-refractivity contribution in [1.82, 2.24) is 14.8 Å². The summed E-state index contributed by atoms with van der Waals surface area (Å²) in [7, 11) is 3.32. The minimum absolute atomic E-state index is 0.313. The number of para-hydroxylation sites is 2. The Hall–Kier alpha value is -4.46. The predicted octanol–water partition coefficient (Wildman–Crippen LogP) is 5.25. The van der Waals surface area contributed by atoms with Crippen LogP contribution in [0.2, 0.25) is 0 Å². The van der Waals surface area contributed by atoms with Gasteiger partial charge in [0.05, 0.1) is 26.5 Å². The van der Waals surface area contributed by atoms with E-state index in [2.05, 4.69) is 21.5 Å². The van der Waals surface area contributed by atoms with Crippen molar-refractivity contribution in [2.24, 2.45) is 0 Å². The van der Waals surface area contributed by atoms with Crippen molar-refractivity contribution in [2.45, 2.75) is 19.1 Å². The van der Waals surface area contributed by atoms with Crippen LogP contribution in [0.15, 0.2) is 78.6 Å². The van der Waals surface area contributed by atoms with Crippen LogP contribution in [0.3, 0.4) is 0 Å². The first-order valence-electron chi connectivity index (χ1n) is 11.8. The summed E-state index contributed by atoms with van der Waals surface area (Å²) in [4.78, 5) is 4.50. The summed E-state index contributed by atoms with van der Waals surface area (Å²) in [6.07, 6.45) is 1.13. The molecule has 3 heterocycles. The first-order chi connectivity index (χ1) is 17.7.